The van der Waals surface area contributed by atoms with Crippen molar-refractivity contribution in [1.29, 1.82) is 0 Å². The molecule has 0 aromatic heterocycles. The molecule has 2 nitrogen and oxygen atoms in total. The van der Waals surface area contributed by atoms with Gasteiger partial charge in [-0.2, -0.15) is 13.2 Å². The maximum Gasteiger partial charge on any atom is 0.409 e. The highest BCUT2D eigenvalue weighted by Gasteiger charge is 2.22. The van der Waals surface area contributed by atoms with E-state index < -0.39 is 12.1 Å². The molecule has 0 radical (unpaired) electrons. The third-order valence-corrected chi connectivity index (χ3v) is 1.64. The Morgan fingerprint density at radius 3 is 2.40 bits per heavy atom. The van der Waals surface area contributed by atoms with Gasteiger partial charge in [-0.25, -0.2) is 4.79 Å². The highest BCUT2D eigenvalue weighted by Crippen LogP contribution is 2.19. The van der Waals surface area contributed by atoms with Crippen molar-refractivity contribution in [3.8, 4) is 0 Å². The molecule has 0 aliphatic carbocycles. The van der Waals surface area contributed by atoms with Gasteiger partial charge in [0, 0.05) is 6.08 Å². The van der Waals surface area contributed by atoms with Gasteiger partial charge in [0.25, 0.3) is 0 Å². The molecule has 0 aliphatic heterocycles. The van der Waals surface area contributed by atoms with Crippen LogP contribution in [0.4, 0.5) is 13.2 Å². The number of hydrogen-bond acceptors (Lipinski definition) is 1. The van der Waals surface area contributed by atoms with Crippen molar-refractivity contribution in [3.05, 3.63) is 41.5 Å². The number of aromatic carboxylic acids is 1. The van der Waals surface area contributed by atoms with E-state index in [0.29, 0.717) is 0 Å². The minimum atomic E-state index is -4.44. The van der Waals surface area contributed by atoms with Gasteiger partial charge in [0.2, 0.25) is 0 Å². The number of halogens is 3. The molecule has 15 heavy (non-hydrogen) atoms. The Kier molecular flexibility index (Phi) is 3.14. The van der Waals surface area contributed by atoms with E-state index in [1.54, 1.807) is 0 Å². The number of carboxylic acids is 1. The maximum absolute atomic E-state index is 11.8. The van der Waals surface area contributed by atoms with Gasteiger partial charge >= 0.3 is 12.1 Å². The Bertz CT molecular complexity index is 394. The van der Waals surface area contributed by atoms with E-state index in [0.717, 1.165) is 6.08 Å². The Morgan fingerprint density at radius 2 is 1.87 bits per heavy atom. The predicted octanol–water partition coefficient (Wildman–Crippen LogP) is 2.96. The lowest BCUT2D eigenvalue weighted by Crippen LogP contribution is -2.02. The van der Waals surface area contributed by atoms with Crippen molar-refractivity contribution in [2.75, 3.05) is 0 Å². The van der Waals surface area contributed by atoms with Gasteiger partial charge in [-0.05, 0) is 17.7 Å². The summed E-state index contributed by atoms with van der Waals surface area (Å²) in [7, 11) is 0. The third-order valence-electron chi connectivity index (χ3n) is 1.64. The molecule has 0 bridgehead atoms. The van der Waals surface area contributed by atoms with E-state index in [1.807, 2.05) is 0 Å². The summed E-state index contributed by atoms with van der Waals surface area (Å²) in [5.74, 6) is -1.25. The second-order valence-electron chi connectivity index (χ2n) is 2.77. The molecule has 0 atom stereocenters. The van der Waals surface area contributed by atoms with Crippen LogP contribution in [-0.2, 0) is 0 Å². The van der Waals surface area contributed by atoms with Gasteiger partial charge in [0.1, 0.15) is 0 Å². The van der Waals surface area contributed by atoms with Gasteiger partial charge in [-0.1, -0.05) is 18.2 Å². The van der Waals surface area contributed by atoms with Crippen LogP contribution >= 0.6 is 0 Å². The molecule has 5 heteroatoms. The summed E-state index contributed by atoms with van der Waals surface area (Å²) in [6.45, 7) is 0. The minimum absolute atomic E-state index is 0.00870. The van der Waals surface area contributed by atoms with Crippen LogP contribution in [0.5, 0.6) is 0 Å². The van der Waals surface area contributed by atoms with Crippen LogP contribution in [-0.4, -0.2) is 17.3 Å². The Balaban J connectivity index is 3.05. The van der Waals surface area contributed by atoms with Crippen molar-refractivity contribution >= 4 is 12.0 Å². The van der Waals surface area contributed by atoms with Crippen LogP contribution < -0.4 is 0 Å². The highest BCUT2D eigenvalue weighted by atomic mass is 19.4. The molecule has 0 heterocycles. The third kappa shape index (κ3) is 3.46. The number of carboxylic acid groups (broad SMARTS) is 1. The fourth-order valence-corrected chi connectivity index (χ4v) is 1.02. The van der Waals surface area contributed by atoms with Crippen molar-refractivity contribution in [1.82, 2.24) is 0 Å². The number of allylic oxidation sites excluding steroid dienone is 1. The fraction of sp³-hybridized carbons (Fsp3) is 0.100. The number of alkyl halides is 3. The predicted molar refractivity (Wildman–Crippen MR) is 48.5 cm³/mol. The quantitative estimate of drug-likeness (QED) is 0.825. The van der Waals surface area contributed by atoms with Crippen LogP contribution in [0.3, 0.4) is 0 Å². The van der Waals surface area contributed by atoms with E-state index >= 15 is 0 Å². The van der Waals surface area contributed by atoms with Gasteiger partial charge in [0.15, 0.2) is 0 Å². The van der Waals surface area contributed by atoms with Crippen LogP contribution in [0.25, 0.3) is 6.08 Å². The van der Waals surface area contributed by atoms with Crippen molar-refractivity contribution < 1.29 is 23.1 Å². The first kappa shape index (κ1) is 11.3. The normalized spacial score (nSPS) is 11.9. The summed E-state index contributed by atoms with van der Waals surface area (Å²) in [4.78, 5) is 10.6. The SMILES string of the molecule is O=C(O)c1ccccc1C=CC(F)(F)F. The standard InChI is InChI=1S/C10H7F3O2/c11-10(12,13)6-5-7-3-1-2-4-8(7)9(14)15/h1-6H,(H,14,15). The molecule has 0 aliphatic rings. The smallest absolute Gasteiger partial charge is 0.409 e. The second-order valence-corrected chi connectivity index (χ2v) is 2.77. The summed E-state index contributed by atoms with van der Waals surface area (Å²) < 4.78 is 35.5. The largest absolute Gasteiger partial charge is 0.478 e. The Labute approximate surface area is 83.7 Å². The molecular weight excluding hydrogens is 209 g/mol. The van der Waals surface area contributed by atoms with Crippen molar-refractivity contribution in [2.45, 2.75) is 6.18 Å². The molecule has 1 N–H and O–H groups in total. The molecular formula is C10H7F3O2. The molecule has 0 amide bonds. The van der Waals surface area contributed by atoms with E-state index in [9.17, 15) is 18.0 Å². The number of carbonyl (C=O) groups is 1. The molecule has 0 spiro atoms. The molecule has 1 aromatic carbocycles. The lowest BCUT2D eigenvalue weighted by Gasteiger charge is -2.01. The summed E-state index contributed by atoms with van der Waals surface area (Å²) in [6.07, 6.45) is -3.69. The molecule has 80 valence electrons. The lowest BCUT2D eigenvalue weighted by atomic mass is 10.1. The summed E-state index contributed by atoms with van der Waals surface area (Å²) in [5.41, 5.74) is -0.125. The average molecular weight is 216 g/mol. The maximum atomic E-state index is 11.8. The van der Waals surface area contributed by atoms with E-state index in [2.05, 4.69) is 0 Å². The number of benzene rings is 1. The molecule has 0 saturated heterocycles. The number of rotatable bonds is 2. The van der Waals surface area contributed by atoms with Crippen LogP contribution in [0, 0.1) is 0 Å². The summed E-state index contributed by atoms with van der Waals surface area (Å²) in [6, 6.07) is 5.49. The van der Waals surface area contributed by atoms with Crippen LogP contribution in [0.15, 0.2) is 30.3 Å². The summed E-state index contributed by atoms with van der Waals surface area (Å²) >= 11 is 0. The molecule has 0 fully saturated rings. The Hall–Kier alpha value is -1.78. The molecule has 1 aromatic rings. The fourth-order valence-electron chi connectivity index (χ4n) is 1.02. The van der Waals surface area contributed by atoms with Gasteiger partial charge in [-0.3, -0.25) is 0 Å². The minimum Gasteiger partial charge on any atom is -0.478 e. The first-order valence-corrected chi connectivity index (χ1v) is 3.98. The molecule has 0 unspecified atom stereocenters. The van der Waals surface area contributed by atoms with Crippen molar-refractivity contribution in [3.63, 3.8) is 0 Å². The first-order chi connectivity index (χ1) is 6.90. The topological polar surface area (TPSA) is 37.3 Å². The summed E-state index contributed by atoms with van der Waals surface area (Å²) in [5, 5.41) is 8.68. The van der Waals surface area contributed by atoms with E-state index in [-0.39, 0.29) is 17.2 Å². The van der Waals surface area contributed by atoms with Gasteiger partial charge in [0.05, 0.1) is 5.56 Å². The van der Waals surface area contributed by atoms with Crippen LogP contribution in [0.2, 0.25) is 0 Å². The van der Waals surface area contributed by atoms with Crippen molar-refractivity contribution in [2.24, 2.45) is 0 Å². The zero-order valence-electron chi connectivity index (χ0n) is 7.45. The van der Waals surface area contributed by atoms with Crippen LogP contribution in [0.1, 0.15) is 15.9 Å². The lowest BCUT2D eigenvalue weighted by molar-refractivity contribution is -0.0790. The van der Waals surface area contributed by atoms with Gasteiger partial charge < -0.3 is 5.11 Å². The van der Waals surface area contributed by atoms with E-state index in [4.69, 9.17) is 5.11 Å². The highest BCUT2D eigenvalue weighted by molar-refractivity contribution is 5.92. The van der Waals surface area contributed by atoms with Gasteiger partial charge in [-0.15, -0.1) is 0 Å². The second kappa shape index (κ2) is 4.16. The molecule has 1 rings (SSSR count). The first-order valence-electron chi connectivity index (χ1n) is 3.98. The Morgan fingerprint density at radius 1 is 1.27 bits per heavy atom. The average Bonchev–Trinajstić information content (AvgIpc) is 2.14. The zero-order chi connectivity index (χ0) is 11.5. The monoisotopic (exact) mass is 216 g/mol. The number of hydrogen-bond donors (Lipinski definition) is 1. The molecule has 0 saturated carbocycles. The van der Waals surface area contributed by atoms with E-state index in [1.165, 1.54) is 24.3 Å². The zero-order valence-corrected chi connectivity index (χ0v) is 7.45.